The van der Waals surface area contributed by atoms with E-state index in [1.165, 1.54) is 19.3 Å². The summed E-state index contributed by atoms with van der Waals surface area (Å²) in [6, 6.07) is 0. The van der Waals surface area contributed by atoms with E-state index < -0.39 is 0 Å². The average molecular weight is 235 g/mol. The van der Waals surface area contributed by atoms with Gasteiger partial charge in [0.25, 0.3) is 0 Å². The summed E-state index contributed by atoms with van der Waals surface area (Å²) in [6.45, 7) is 3.83. The van der Waals surface area contributed by atoms with Gasteiger partial charge in [-0.3, -0.25) is 0 Å². The molecule has 0 aliphatic heterocycles. The van der Waals surface area contributed by atoms with Gasteiger partial charge < -0.3 is 4.79 Å². The Morgan fingerprint density at radius 1 is 1.20 bits per heavy atom. The SMILES string of the molecule is CCCCCCC(C)=O.[Pd]. The van der Waals surface area contributed by atoms with Crippen LogP contribution < -0.4 is 0 Å². The van der Waals surface area contributed by atoms with Crippen LogP contribution in [0.5, 0.6) is 0 Å². The van der Waals surface area contributed by atoms with Gasteiger partial charge in [-0.05, 0) is 13.3 Å². The molecule has 0 aliphatic rings. The van der Waals surface area contributed by atoms with Gasteiger partial charge in [0, 0.05) is 26.8 Å². The maximum absolute atomic E-state index is 10.4. The van der Waals surface area contributed by atoms with Crippen molar-refractivity contribution in [2.75, 3.05) is 0 Å². The number of carbonyl (C=O) groups is 1. The van der Waals surface area contributed by atoms with Crippen molar-refractivity contribution in [3.63, 3.8) is 0 Å². The second-order valence-electron chi connectivity index (χ2n) is 2.51. The predicted molar refractivity (Wildman–Crippen MR) is 39.4 cm³/mol. The first-order chi connectivity index (χ1) is 4.27. The summed E-state index contributed by atoms with van der Waals surface area (Å²) in [5.74, 6) is 0.325. The van der Waals surface area contributed by atoms with Gasteiger partial charge in [0.05, 0.1) is 0 Å². The number of Topliss-reactive ketones (excluding diaryl/α,β-unsaturated/α-hetero) is 1. The molecule has 2 heteroatoms. The van der Waals surface area contributed by atoms with E-state index in [0.29, 0.717) is 5.78 Å². The quantitative estimate of drug-likeness (QED) is 0.528. The van der Waals surface area contributed by atoms with E-state index in [1.54, 1.807) is 6.92 Å². The topological polar surface area (TPSA) is 17.1 Å². The minimum Gasteiger partial charge on any atom is -0.300 e. The van der Waals surface area contributed by atoms with Crippen LogP contribution in [0.15, 0.2) is 0 Å². The summed E-state index contributed by atoms with van der Waals surface area (Å²) < 4.78 is 0. The van der Waals surface area contributed by atoms with Crippen LogP contribution >= 0.6 is 0 Å². The molecule has 10 heavy (non-hydrogen) atoms. The largest absolute Gasteiger partial charge is 0.300 e. The molecule has 0 N–H and O–H groups in total. The van der Waals surface area contributed by atoms with Gasteiger partial charge in [-0.15, -0.1) is 0 Å². The zero-order valence-electron chi connectivity index (χ0n) is 6.76. The molecule has 0 rings (SSSR count). The van der Waals surface area contributed by atoms with Crippen LogP contribution in [0, 0.1) is 0 Å². The maximum atomic E-state index is 10.4. The molecule has 0 atom stereocenters. The molecule has 0 aromatic rings. The molecule has 1 nitrogen and oxygen atoms in total. The second kappa shape index (κ2) is 9.33. The van der Waals surface area contributed by atoms with Gasteiger partial charge >= 0.3 is 0 Å². The number of hydrogen-bond acceptors (Lipinski definition) is 1. The monoisotopic (exact) mass is 234 g/mol. The minimum absolute atomic E-state index is 0. The Hall–Kier alpha value is 0.332. The third-order valence-electron chi connectivity index (χ3n) is 1.38. The molecule has 0 aromatic heterocycles. The van der Waals surface area contributed by atoms with Crippen LogP contribution in [0.4, 0.5) is 0 Å². The van der Waals surface area contributed by atoms with Crippen molar-refractivity contribution in [1.82, 2.24) is 0 Å². The van der Waals surface area contributed by atoms with Crippen LogP contribution in [-0.4, -0.2) is 5.78 Å². The molecule has 0 unspecified atom stereocenters. The average Bonchev–Trinajstić information content (AvgIpc) is 1.80. The van der Waals surface area contributed by atoms with Gasteiger partial charge in [-0.25, -0.2) is 0 Å². The molecule has 0 radical (unpaired) electrons. The van der Waals surface area contributed by atoms with Crippen LogP contribution in [0.25, 0.3) is 0 Å². The molecule has 0 bridgehead atoms. The zero-order valence-corrected chi connectivity index (χ0v) is 8.31. The normalized spacial score (nSPS) is 8.60. The first-order valence-electron chi connectivity index (χ1n) is 3.76. The second-order valence-corrected chi connectivity index (χ2v) is 2.51. The summed E-state index contributed by atoms with van der Waals surface area (Å²) >= 11 is 0. The van der Waals surface area contributed by atoms with Gasteiger partial charge in [0.15, 0.2) is 0 Å². The van der Waals surface area contributed by atoms with Gasteiger partial charge in [-0.1, -0.05) is 26.2 Å². The standard InChI is InChI=1S/C8H16O.Pd/c1-3-4-5-6-7-8(2)9;/h3-7H2,1-2H3;. The summed E-state index contributed by atoms with van der Waals surface area (Å²) in [6.07, 6.45) is 5.60. The third kappa shape index (κ3) is 11.2. The molecule has 0 aliphatic carbocycles. The van der Waals surface area contributed by atoms with Crippen LogP contribution in [0.2, 0.25) is 0 Å². The molecular formula is C8H16OPd. The van der Waals surface area contributed by atoms with Crippen LogP contribution in [0.3, 0.4) is 0 Å². The molecule has 0 saturated carbocycles. The predicted octanol–water partition coefficient (Wildman–Crippen LogP) is 2.54. The number of unbranched alkanes of at least 4 members (excludes halogenated alkanes) is 3. The van der Waals surface area contributed by atoms with E-state index in [9.17, 15) is 4.79 Å². The summed E-state index contributed by atoms with van der Waals surface area (Å²) in [5, 5.41) is 0. The van der Waals surface area contributed by atoms with E-state index in [4.69, 9.17) is 0 Å². The smallest absolute Gasteiger partial charge is 0.129 e. The Morgan fingerprint density at radius 3 is 2.20 bits per heavy atom. The van der Waals surface area contributed by atoms with E-state index in [2.05, 4.69) is 6.92 Å². The Bertz CT molecular complexity index is 81.3. The Morgan fingerprint density at radius 2 is 1.80 bits per heavy atom. The molecule has 0 heterocycles. The van der Waals surface area contributed by atoms with Crippen molar-refractivity contribution in [2.45, 2.75) is 46.0 Å². The van der Waals surface area contributed by atoms with E-state index in [0.717, 1.165) is 12.8 Å². The van der Waals surface area contributed by atoms with Crippen molar-refractivity contribution < 1.29 is 25.2 Å². The van der Waals surface area contributed by atoms with Gasteiger partial charge in [0.2, 0.25) is 0 Å². The summed E-state index contributed by atoms with van der Waals surface area (Å²) in [7, 11) is 0. The van der Waals surface area contributed by atoms with E-state index in [-0.39, 0.29) is 20.4 Å². The van der Waals surface area contributed by atoms with Crippen molar-refractivity contribution in [3.05, 3.63) is 0 Å². The molecule has 0 fully saturated rings. The van der Waals surface area contributed by atoms with E-state index >= 15 is 0 Å². The first-order valence-corrected chi connectivity index (χ1v) is 3.76. The minimum atomic E-state index is 0. The molecular weight excluding hydrogens is 219 g/mol. The molecule has 0 aromatic carbocycles. The fourth-order valence-corrected chi connectivity index (χ4v) is 0.801. The fraction of sp³-hybridized carbons (Fsp3) is 0.875. The fourth-order valence-electron chi connectivity index (χ4n) is 0.801. The molecule has 64 valence electrons. The number of carbonyl (C=O) groups excluding carboxylic acids is 1. The van der Waals surface area contributed by atoms with Crippen LogP contribution in [0.1, 0.15) is 46.0 Å². The number of rotatable bonds is 5. The Kier molecular flexibility index (Phi) is 12.1. The molecule has 0 spiro atoms. The van der Waals surface area contributed by atoms with Gasteiger partial charge in [0.1, 0.15) is 5.78 Å². The first kappa shape index (κ1) is 13.0. The van der Waals surface area contributed by atoms with Crippen molar-refractivity contribution in [3.8, 4) is 0 Å². The van der Waals surface area contributed by atoms with Crippen molar-refractivity contribution >= 4 is 5.78 Å². The van der Waals surface area contributed by atoms with Gasteiger partial charge in [-0.2, -0.15) is 0 Å². The Labute approximate surface area is 77.2 Å². The summed E-state index contributed by atoms with van der Waals surface area (Å²) in [4.78, 5) is 10.4. The zero-order chi connectivity index (χ0) is 7.11. The number of ketones is 1. The van der Waals surface area contributed by atoms with Crippen LogP contribution in [-0.2, 0) is 25.2 Å². The molecule has 0 amide bonds. The number of hydrogen-bond donors (Lipinski definition) is 0. The molecule has 0 saturated heterocycles. The van der Waals surface area contributed by atoms with E-state index in [1.807, 2.05) is 0 Å². The van der Waals surface area contributed by atoms with Crippen molar-refractivity contribution in [1.29, 1.82) is 0 Å². The maximum Gasteiger partial charge on any atom is 0.129 e. The third-order valence-corrected chi connectivity index (χ3v) is 1.38. The van der Waals surface area contributed by atoms with Crippen molar-refractivity contribution in [2.24, 2.45) is 0 Å². The Balaban J connectivity index is 0. The summed E-state index contributed by atoms with van der Waals surface area (Å²) in [5.41, 5.74) is 0.